The maximum atomic E-state index is 6.04. The van der Waals surface area contributed by atoms with Crippen molar-refractivity contribution in [3.63, 3.8) is 0 Å². The van der Waals surface area contributed by atoms with Crippen LogP contribution in [-0.4, -0.2) is 15.9 Å². The zero-order valence-corrected chi connectivity index (χ0v) is 11.1. The molecule has 0 spiro atoms. The van der Waals surface area contributed by atoms with E-state index in [1.54, 1.807) is 0 Å². The summed E-state index contributed by atoms with van der Waals surface area (Å²) in [5.74, 6) is 0.851. The molecule has 0 aliphatic carbocycles. The number of nitrogens with zero attached hydrogens (tertiary/aromatic N) is 2. The molecule has 0 saturated heterocycles. The van der Waals surface area contributed by atoms with Crippen LogP contribution in [0.1, 0.15) is 35.3 Å². The van der Waals surface area contributed by atoms with E-state index < -0.39 is 0 Å². The number of benzene rings is 1. The third-order valence-electron chi connectivity index (χ3n) is 2.73. The van der Waals surface area contributed by atoms with E-state index in [1.807, 2.05) is 18.2 Å². The minimum Gasteiger partial charge on any atom is -0.330 e. The summed E-state index contributed by atoms with van der Waals surface area (Å²) in [6.07, 6.45) is 2.56. The molecule has 1 aromatic carbocycles. The van der Waals surface area contributed by atoms with Crippen LogP contribution in [0, 0.1) is 0 Å². The van der Waals surface area contributed by atoms with Crippen LogP contribution in [0.2, 0.25) is 0 Å². The molecular formula is C13H18N4S. The van der Waals surface area contributed by atoms with E-state index in [0.29, 0.717) is 6.54 Å². The van der Waals surface area contributed by atoms with Crippen LogP contribution in [0.5, 0.6) is 0 Å². The van der Waals surface area contributed by atoms with Crippen molar-refractivity contribution in [1.82, 2.24) is 9.36 Å². The van der Waals surface area contributed by atoms with Crippen LogP contribution >= 0.6 is 11.5 Å². The molecule has 1 aromatic heterocycles. The molecule has 0 bridgehead atoms. The van der Waals surface area contributed by atoms with E-state index in [4.69, 9.17) is 11.5 Å². The van der Waals surface area contributed by atoms with Gasteiger partial charge in [-0.1, -0.05) is 30.3 Å². The van der Waals surface area contributed by atoms with Crippen LogP contribution in [0.3, 0.4) is 0 Å². The summed E-state index contributed by atoms with van der Waals surface area (Å²) in [7, 11) is 0. The second-order valence-electron chi connectivity index (χ2n) is 4.25. The molecule has 1 heterocycles. The summed E-state index contributed by atoms with van der Waals surface area (Å²) < 4.78 is 4.36. The minimum absolute atomic E-state index is 0.0319. The Morgan fingerprint density at radius 1 is 1.22 bits per heavy atom. The maximum Gasteiger partial charge on any atom is 0.147 e. The highest BCUT2D eigenvalue weighted by Gasteiger charge is 2.12. The number of hydrogen-bond acceptors (Lipinski definition) is 5. The topological polar surface area (TPSA) is 77.8 Å². The zero-order chi connectivity index (χ0) is 12.8. The van der Waals surface area contributed by atoms with Gasteiger partial charge >= 0.3 is 0 Å². The Labute approximate surface area is 111 Å². The summed E-state index contributed by atoms with van der Waals surface area (Å²) in [5, 5.41) is 0.911. The van der Waals surface area contributed by atoms with E-state index >= 15 is 0 Å². The van der Waals surface area contributed by atoms with Gasteiger partial charge in [0.2, 0.25) is 0 Å². The van der Waals surface area contributed by atoms with Gasteiger partial charge in [0.25, 0.3) is 0 Å². The van der Waals surface area contributed by atoms with Gasteiger partial charge < -0.3 is 11.5 Å². The lowest BCUT2D eigenvalue weighted by Crippen LogP contribution is -2.12. The minimum atomic E-state index is -0.0319. The molecule has 2 rings (SSSR count). The molecule has 5 heteroatoms. The highest BCUT2D eigenvalue weighted by molar-refractivity contribution is 7.05. The van der Waals surface area contributed by atoms with Crippen molar-refractivity contribution in [2.75, 3.05) is 6.54 Å². The van der Waals surface area contributed by atoms with Crippen molar-refractivity contribution >= 4 is 11.5 Å². The first kappa shape index (κ1) is 13.1. The fourth-order valence-electron chi connectivity index (χ4n) is 1.73. The quantitative estimate of drug-likeness (QED) is 0.833. The Bertz CT molecular complexity index is 469. The number of aromatic nitrogens is 2. The molecule has 18 heavy (non-hydrogen) atoms. The smallest absolute Gasteiger partial charge is 0.147 e. The van der Waals surface area contributed by atoms with E-state index in [0.717, 1.165) is 30.1 Å². The third-order valence-corrected chi connectivity index (χ3v) is 3.61. The molecule has 1 atom stereocenters. The fourth-order valence-corrected chi connectivity index (χ4v) is 2.43. The Morgan fingerprint density at radius 2 is 2.00 bits per heavy atom. The lowest BCUT2D eigenvalue weighted by molar-refractivity contribution is 0.613. The monoisotopic (exact) mass is 262 g/mol. The normalized spacial score (nSPS) is 12.6. The lowest BCUT2D eigenvalue weighted by atomic mass is 10.1. The molecule has 4 N–H and O–H groups in total. The van der Waals surface area contributed by atoms with Crippen molar-refractivity contribution in [3.05, 3.63) is 46.7 Å². The van der Waals surface area contributed by atoms with Crippen molar-refractivity contribution < 1.29 is 0 Å². The van der Waals surface area contributed by atoms with Crippen LogP contribution < -0.4 is 11.5 Å². The van der Waals surface area contributed by atoms with Gasteiger partial charge in [-0.15, -0.1) is 0 Å². The third kappa shape index (κ3) is 3.60. The van der Waals surface area contributed by atoms with Crippen LogP contribution in [0.15, 0.2) is 30.3 Å². The Morgan fingerprint density at radius 3 is 2.72 bits per heavy atom. The summed E-state index contributed by atoms with van der Waals surface area (Å²) in [6.45, 7) is 0.670. The van der Waals surface area contributed by atoms with Crippen molar-refractivity contribution in [2.24, 2.45) is 11.5 Å². The van der Waals surface area contributed by atoms with E-state index in [9.17, 15) is 0 Å². The highest BCUT2D eigenvalue weighted by atomic mass is 32.1. The number of hydrogen-bond donors (Lipinski definition) is 2. The molecular weight excluding hydrogens is 244 g/mol. The maximum absolute atomic E-state index is 6.04. The predicted octanol–water partition coefficient (Wildman–Crippen LogP) is 1.87. The first-order valence-corrected chi connectivity index (χ1v) is 6.89. The molecule has 0 radical (unpaired) electrons. The molecule has 4 nitrogen and oxygen atoms in total. The van der Waals surface area contributed by atoms with Crippen molar-refractivity contribution in [1.29, 1.82) is 0 Å². The average molecular weight is 262 g/mol. The summed E-state index contributed by atoms with van der Waals surface area (Å²) >= 11 is 1.40. The Balaban J connectivity index is 1.98. The summed E-state index contributed by atoms with van der Waals surface area (Å²) in [5.41, 5.74) is 12.7. The second kappa shape index (κ2) is 6.58. The molecule has 2 aromatic rings. The van der Waals surface area contributed by atoms with E-state index in [-0.39, 0.29) is 6.04 Å². The zero-order valence-electron chi connectivity index (χ0n) is 10.2. The lowest BCUT2D eigenvalue weighted by Gasteiger charge is -2.05. The van der Waals surface area contributed by atoms with Gasteiger partial charge in [0.15, 0.2) is 0 Å². The van der Waals surface area contributed by atoms with Gasteiger partial charge in [0.05, 0.1) is 6.04 Å². The first-order valence-electron chi connectivity index (χ1n) is 6.11. The Hall–Kier alpha value is -1.30. The highest BCUT2D eigenvalue weighted by Crippen LogP contribution is 2.18. The average Bonchev–Trinajstić information content (AvgIpc) is 2.86. The number of rotatable bonds is 6. The van der Waals surface area contributed by atoms with Crippen LogP contribution in [0.4, 0.5) is 0 Å². The standard InChI is InChI=1S/C13H18N4S/c14-8-4-7-11(15)13-16-12(17-18-13)9-10-5-2-1-3-6-10/h1-3,5-6,11H,4,7-9,14-15H2. The fraction of sp³-hybridized carbons (Fsp3) is 0.385. The molecule has 0 aliphatic rings. The second-order valence-corrected chi connectivity index (χ2v) is 5.03. The molecule has 0 aliphatic heterocycles. The number of nitrogens with two attached hydrogens (primary N) is 2. The van der Waals surface area contributed by atoms with E-state index in [1.165, 1.54) is 17.1 Å². The molecule has 0 saturated carbocycles. The Kier molecular flexibility index (Phi) is 4.81. The predicted molar refractivity (Wildman–Crippen MR) is 74.4 cm³/mol. The van der Waals surface area contributed by atoms with Crippen LogP contribution in [0.25, 0.3) is 0 Å². The van der Waals surface area contributed by atoms with Crippen molar-refractivity contribution in [3.8, 4) is 0 Å². The van der Waals surface area contributed by atoms with Gasteiger partial charge in [-0.25, -0.2) is 4.98 Å². The molecule has 0 fully saturated rings. The summed E-state index contributed by atoms with van der Waals surface area (Å²) in [4.78, 5) is 4.50. The summed E-state index contributed by atoms with van der Waals surface area (Å²) in [6, 6.07) is 10.2. The van der Waals surface area contributed by atoms with Crippen molar-refractivity contribution in [2.45, 2.75) is 25.3 Å². The molecule has 96 valence electrons. The van der Waals surface area contributed by atoms with Gasteiger partial charge in [0.1, 0.15) is 10.8 Å². The largest absolute Gasteiger partial charge is 0.330 e. The molecule has 1 unspecified atom stereocenters. The van der Waals surface area contributed by atoms with Gasteiger partial charge in [-0.2, -0.15) is 4.37 Å². The molecule has 0 amide bonds. The van der Waals surface area contributed by atoms with Gasteiger partial charge in [-0.05, 0) is 36.5 Å². The van der Waals surface area contributed by atoms with Gasteiger partial charge in [0, 0.05) is 6.42 Å². The van der Waals surface area contributed by atoms with E-state index in [2.05, 4.69) is 21.5 Å². The first-order chi connectivity index (χ1) is 8.79. The SMILES string of the molecule is NCCCC(N)c1nc(Cc2ccccc2)ns1. The van der Waals surface area contributed by atoms with Gasteiger partial charge in [-0.3, -0.25) is 0 Å². The van der Waals surface area contributed by atoms with Crippen LogP contribution in [-0.2, 0) is 6.42 Å².